The maximum Gasteiger partial charge on any atom is 0.307 e. The van der Waals surface area contributed by atoms with Crippen LogP contribution in [0.25, 0.3) is 0 Å². The predicted octanol–water partition coefficient (Wildman–Crippen LogP) is 2.30. The first kappa shape index (κ1) is 10.1. The summed E-state index contributed by atoms with van der Waals surface area (Å²) in [6.45, 7) is 0. The molecule has 3 heteroatoms. The zero-order valence-corrected chi connectivity index (χ0v) is 7.83. The highest BCUT2D eigenvalue weighted by Crippen LogP contribution is 2.47. The Morgan fingerprint density at radius 1 is 1.31 bits per heavy atom. The summed E-state index contributed by atoms with van der Waals surface area (Å²) in [5, 5.41) is 8.68. The summed E-state index contributed by atoms with van der Waals surface area (Å²) in [7, 11) is 0. The van der Waals surface area contributed by atoms with Crippen LogP contribution in [0.3, 0.4) is 0 Å². The van der Waals surface area contributed by atoms with Gasteiger partial charge in [0.25, 0.3) is 0 Å². The summed E-state index contributed by atoms with van der Waals surface area (Å²) < 4.78 is 0. The van der Waals surface area contributed by atoms with E-state index in [4.69, 9.17) is 5.11 Å². The zero-order chi connectivity index (χ0) is 8.55. The molecule has 0 heterocycles. The third-order valence-electron chi connectivity index (χ3n) is 2.34. The minimum Gasteiger partial charge on any atom is -0.481 e. The first-order valence-corrected chi connectivity index (χ1v) is 4.07. The van der Waals surface area contributed by atoms with Gasteiger partial charge in [-0.2, -0.15) is 0 Å². The van der Waals surface area contributed by atoms with E-state index in [1.807, 2.05) is 30.3 Å². The van der Waals surface area contributed by atoms with E-state index in [-0.39, 0.29) is 24.2 Å². The van der Waals surface area contributed by atoms with Crippen LogP contribution in [-0.2, 0) is 4.79 Å². The molecule has 1 fully saturated rings. The molecule has 2 nitrogen and oxygen atoms in total. The molecule has 70 valence electrons. The number of hydrogen-bond acceptors (Lipinski definition) is 1. The molecule has 0 aromatic heterocycles. The maximum absolute atomic E-state index is 10.5. The Hall–Kier alpha value is -1.02. The van der Waals surface area contributed by atoms with Gasteiger partial charge in [0, 0.05) is 0 Å². The summed E-state index contributed by atoms with van der Waals surface area (Å²) in [6, 6.07) is 9.84. The van der Waals surface area contributed by atoms with Gasteiger partial charge in [-0.3, -0.25) is 4.79 Å². The second-order valence-corrected chi connectivity index (χ2v) is 3.20. The van der Waals surface area contributed by atoms with Gasteiger partial charge < -0.3 is 5.11 Å². The monoisotopic (exact) mass is 198 g/mol. The summed E-state index contributed by atoms with van der Waals surface area (Å²) in [6.07, 6.45) is 0.805. The minimum absolute atomic E-state index is 0. The van der Waals surface area contributed by atoms with Crippen LogP contribution in [0.4, 0.5) is 0 Å². The van der Waals surface area contributed by atoms with E-state index < -0.39 is 5.97 Å². The molecular weight excluding hydrogens is 188 g/mol. The summed E-state index contributed by atoms with van der Waals surface area (Å²) in [4.78, 5) is 10.5. The number of carbonyl (C=O) groups is 1. The lowest BCUT2D eigenvalue weighted by Gasteiger charge is -1.95. The summed E-state index contributed by atoms with van der Waals surface area (Å²) in [5.74, 6) is -0.528. The van der Waals surface area contributed by atoms with Gasteiger partial charge in [0.2, 0.25) is 0 Å². The van der Waals surface area contributed by atoms with E-state index in [0.717, 1.165) is 12.0 Å². The van der Waals surface area contributed by atoms with Crippen molar-refractivity contribution < 1.29 is 9.90 Å². The average molecular weight is 199 g/mol. The number of benzene rings is 1. The number of hydrogen-bond donors (Lipinski definition) is 1. The van der Waals surface area contributed by atoms with Crippen molar-refractivity contribution in [3.05, 3.63) is 35.9 Å². The highest BCUT2D eigenvalue weighted by molar-refractivity contribution is 5.85. The van der Waals surface area contributed by atoms with Crippen LogP contribution in [0.5, 0.6) is 0 Å². The molecule has 0 bridgehead atoms. The normalized spacial score (nSPS) is 24.6. The van der Waals surface area contributed by atoms with Crippen LogP contribution >= 0.6 is 12.4 Å². The third kappa shape index (κ3) is 2.01. The Labute approximate surface area is 83.0 Å². The number of rotatable bonds is 2. The lowest BCUT2D eigenvalue weighted by molar-refractivity contribution is -0.138. The van der Waals surface area contributed by atoms with Gasteiger partial charge in [-0.15, -0.1) is 12.4 Å². The van der Waals surface area contributed by atoms with Gasteiger partial charge in [0.15, 0.2) is 0 Å². The fourth-order valence-corrected chi connectivity index (χ4v) is 1.54. The van der Waals surface area contributed by atoms with Gasteiger partial charge in [-0.1, -0.05) is 30.3 Å². The minimum atomic E-state index is -0.663. The van der Waals surface area contributed by atoms with Crippen molar-refractivity contribution in [2.45, 2.75) is 12.3 Å². The van der Waals surface area contributed by atoms with Gasteiger partial charge in [-0.25, -0.2) is 0 Å². The molecule has 1 aromatic carbocycles. The van der Waals surface area contributed by atoms with Crippen LogP contribution in [0.1, 0.15) is 17.9 Å². The van der Waals surface area contributed by atoms with Crippen molar-refractivity contribution in [3.63, 3.8) is 0 Å². The number of carboxylic acids is 1. The molecule has 2 rings (SSSR count). The van der Waals surface area contributed by atoms with Gasteiger partial charge in [-0.05, 0) is 17.9 Å². The molecule has 0 saturated heterocycles. The molecule has 0 aliphatic heterocycles. The Morgan fingerprint density at radius 2 is 1.92 bits per heavy atom. The fourth-order valence-electron chi connectivity index (χ4n) is 1.54. The third-order valence-corrected chi connectivity index (χ3v) is 2.34. The van der Waals surface area contributed by atoms with E-state index in [1.54, 1.807) is 0 Å². The SMILES string of the molecule is Cl.O=C(O)[C@@H]1C[C@@H]1c1ccccc1. The Bertz CT molecular complexity index is 297. The van der Waals surface area contributed by atoms with E-state index >= 15 is 0 Å². The van der Waals surface area contributed by atoms with E-state index in [2.05, 4.69) is 0 Å². The Kier molecular flexibility index (Phi) is 2.94. The van der Waals surface area contributed by atoms with Crippen LogP contribution in [-0.4, -0.2) is 11.1 Å². The van der Waals surface area contributed by atoms with Crippen LogP contribution in [0.2, 0.25) is 0 Å². The van der Waals surface area contributed by atoms with E-state index in [1.165, 1.54) is 0 Å². The van der Waals surface area contributed by atoms with Gasteiger partial charge >= 0.3 is 5.97 Å². The molecule has 0 amide bonds. The first-order valence-electron chi connectivity index (χ1n) is 4.07. The molecule has 1 aliphatic carbocycles. The fraction of sp³-hybridized carbons (Fsp3) is 0.300. The average Bonchev–Trinajstić information content (AvgIpc) is 2.84. The van der Waals surface area contributed by atoms with Crippen molar-refractivity contribution in [2.75, 3.05) is 0 Å². The lowest BCUT2D eigenvalue weighted by Crippen LogP contribution is -1.98. The second kappa shape index (κ2) is 3.79. The highest BCUT2D eigenvalue weighted by Gasteiger charge is 2.43. The molecule has 1 saturated carbocycles. The molecule has 1 N–H and O–H groups in total. The number of aliphatic carboxylic acids is 1. The molecule has 1 aromatic rings. The standard InChI is InChI=1S/C10H10O2.ClH/c11-10(12)9-6-8(9)7-4-2-1-3-5-7;/h1-5,8-9H,6H2,(H,11,12);1H/t8-,9-;/m1./s1. The van der Waals surface area contributed by atoms with Crippen molar-refractivity contribution in [2.24, 2.45) is 5.92 Å². The van der Waals surface area contributed by atoms with Crippen LogP contribution in [0, 0.1) is 5.92 Å². The Balaban J connectivity index is 0.000000845. The van der Waals surface area contributed by atoms with Crippen LogP contribution in [0.15, 0.2) is 30.3 Å². The van der Waals surface area contributed by atoms with Gasteiger partial charge in [0.1, 0.15) is 0 Å². The lowest BCUT2D eigenvalue weighted by atomic mass is 10.1. The molecule has 1 aliphatic rings. The topological polar surface area (TPSA) is 37.3 Å². The highest BCUT2D eigenvalue weighted by atomic mass is 35.5. The number of carboxylic acid groups (broad SMARTS) is 1. The predicted molar refractivity (Wildman–Crippen MR) is 52.2 cm³/mol. The van der Waals surface area contributed by atoms with E-state index in [9.17, 15) is 4.79 Å². The summed E-state index contributed by atoms with van der Waals surface area (Å²) >= 11 is 0. The second-order valence-electron chi connectivity index (χ2n) is 3.20. The van der Waals surface area contributed by atoms with E-state index in [0.29, 0.717) is 0 Å². The van der Waals surface area contributed by atoms with Crippen molar-refractivity contribution in [3.8, 4) is 0 Å². The molecule has 0 radical (unpaired) electrons. The number of halogens is 1. The quantitative estimate of drug-likeness (QED) is 0.792. The zero-order valence-electron chi connectivity index (χ0n) is 7.01. The van der Waals surface area contributed by atoms with Crippen molar-refractivity contribution in [1.29, 1.82) is 0 Å². The molecular formula is C10H11ClO2. The Morgan fingerprint density at radius 3 is 2.38 bits per heavy atom. The maximum atomic E-state index is 10.5. The molecule has 0 unspecified atom stereocenters. The largest absolute Gasteiger partial charge is 0.481 e. The van der Waals surface area contributed by atoms with Gasteiger partial charge in [0.05, 0.1) is 5.92 Å². The first-order chi connectivity index (χ1) is 5.79. The van der Waals surface area contributed by atoms with Crippen molar-refractivity contribution in [1.82, 2.24) is 0 Å². The smallest absolute Gasteiger partial charge is 0.307 e. The molecule has 2 atom stereocenters. The molecule has 13 heavy (non-hydrogen) atoms. The molecule has 0 spiro atoms. The van der Waals surface area contributed by atoms with Crippen molar-refractivity contribution >= 4 is 18.4 Å². The summed E-state index contributed by atoms with van der Waals surface area (Å²) in [5.41, 5.74) is 1.16. The van der Waals surface area contributed by atoms with Crippen LogP contribution < -0.4 is 0 Å².